The molecule has 0 aromatic heterocycles. The molecule has 1 N–H and O–H groups in total. The van der Waals surface area contributed by atoms with Crippen molar-refractivity contribution in [3.63, 3.8) is 0 Å². The highest BCUT2D eigenvalue weighted by Gasteiger charge is 2.07. The van der Waals surface area contributed by atoms with Gasteiger partial charge >= 0.3 is 0 Å². The van der Waals surface area contributed by atoms with Crippen LogP contribution in [0.1, 0.15) is 15.9 Å². The smallest absolute Gasteiger partial charge is 0.251 e. The first-order chi connectivity index (χ1) is 8.66. The first kappa shape index (κ1) is 12.6. The van der Waals surface area contributed by atoms with Crippen LogP contribution in [0.2, 0.25) is 0 Å². The minimum absolute atomic E-state index is 0.169. The normalized spacial score (nSPS) is 10.1. The van der Waals surface area contributed by atoms with Gasteiger partial charge in [0.1, 0.15) is 5.82 Å². The zero-order chi connectivity index (χ0) is 13.0. The summed E-state index contributed by atoms with van der Waals surface area (Å²) in [6, 6.07) is 13.7. The van der Waals surface area contributed by atoms with Gasteiger partial charge in [-0.25, -0.2) is 4.39 Å². The average molecular weight is 261 g/mol. The SMILES string of the molecule is O=C(NCc1ccccc1)c1ccc(F)c(S)c1. The van der Waals surface area contributed by atoms with E-state index in [1.165, 1.54) is 18.2 Å². The van der Waals surface area contributed by atoms with Crippen molar-refractivity contribution in [2.45, 2.75) is 11.4 Å². The lowest BCUT2D eigenvalue weighted by molar-refractivity contribution is 0.0950. The third kappa shape index (κ3) is 3.11. The van der Waals surface area contributed by atoms with Gasteiger partial charge in [-0.15, -0.1) is 12.6 Å². The monoisotopic (exact) mass is 261 g/mol. The molecule has 0 fully saturated rings. The molecule has 0 saturated carbocycles. The van der Waals surface area contributed by atoms with E-state index in [0.29, 0.717) is 12.1 Å². The van der Waals surface area contributed by atoms with Crippen molar-refractivity contribution < 1.29 is 9.18 Å². The fraction of sp³-hybridized carbons (Fsp3) is 0.0714. The number of halogens is 1. The lowest BCUT2D eigenvalue weighted by Crippen LogP contribution is -2.22. The van der Waals surface area contributed by atoms with Gasteiger partial charge in [-0.1, -0.05) is 30.3 Å². The first-order valence-corrected chi connectivity index (χ1v) is 5.92. The molecule has 0 saturated heterocycles. The third-order valence-electron chi connectivity index (χ3n) is 2.50. The molecule has 0 bridgehead atoms. The van der Waals surface area contributed by atoms with Crippen molar-refractivity contribution in [3.8, 4) is 0 Å². The molecule has 4 heteroatoms. The Balaban J connectivity index is 2.02. The summed E-state index contributed by atoms with van der Waals surface area (Å²) >= 11 is 3.95. The highest BCUT2D eigenvalue weighted by Crippen LogP contribution is 2.14. The highest BCUT2D eigenvalue weighted by molar-refractivity contribution is 7.80. The molecule has 0 aliphatic carbocycles. The fourth-order valence-corrected chi connectivity index (χ4v) is 1.75. The van der Waals surface area contributed by atoms with Gasteiger partial charge in [-0.2, -0.15) is 0 Å². The van der Waals surface area contributed by atoms with Crippen molar-refractivity contribution in [2.24, 2.45) is 0 Å². The van der Waals surface area contributed by atoms with Gasteiger partial charge < -0.3 is 5.32 Å². The van der Waals surface area contributed by atoms with E-state index < -0.39 is 5.82 Å². The number of hydrogen-bond donors (Lipinski definition) is 2. The number of carbonyl (C=O) groups excluding carboxylic acids is 1. The number of hydrogen-bond acceptors (Lipinski definition) is 2. The molecule has 0 spiro atoms. The highest BCUT2D eigenvalue weighted by atomic mass is 32.1. The van der Waals surface area contributed by atoms with E-state index in [0.717, 1.165) is 5.56 Å². The summed E-state index contributed by atoms with van der Waals surface area (Å²) in [7, 11) is 0. The van der Waals surface area contributed by atoms with Gasteiger partial charge in [0.15, 0.2) is 0 Å². The van der Waals surface area contributed by atoms with Gasteiger partial charge in [0, 0.05) is 17.0 Å². The number of benzene rings is 2. The fourth-order valence-electron chi connectivity index (χ4n) is 1.53. The van der Waals surface area contributed by atoms with E-state index in [1.807, 2.05) is 30.3 Å². The molecule has 0 aliphatic heterocycles. The molecule has 0 unspecified atom stereocenters. The summed E-state index contributed by atoms with van der Waals surface area (Å²) in [5, 5.41) is 2.77. The summed E-state index contributed by atoms with van der Waals surface area (Å²) in [6.45, 7) is 0.443. The van der Waals surface area contributed by atoms with Crippen LogP contribution in [0.15, 0.2) is 53.4 Å². The molecule has 2 rings (SSSR count). The van der Waals surface area contributed by atoms with Crippen LogP contribution in [0.3, 0.4) is 0 Å². The van der Waals surface area contributed by atoms with Crippen molar-refractivity contribution >= 4 is 18.5 Å². The molecule has 0 atom stereocenters. The molecule has 0 aliphatic rings. The number of amides is 1. The number of thiol groups is 1. The molecular formula is C14H12FNOS. The van der Waals surface area contributed by atoms with Crippen LogP contribution in [0.25, 0.3) is 0 Å². The van der Waals surface area contributed by atoms with Gasteiger partial charge in [0.2, 0.25) is 0 Å². The second kappa shape index (κ2) is 5.69. The minimum Gasteiger partial charge on any atom is -0.348 e. The van der Waals surface area contributed by atoms with Crippen LogP contribution in [0, 0.1) is 5.82 Å². The molecule has 2 aromatic rings. The van der Waals surface area contributed by atoms with E-state index in [1.54, 1.807) is 0 Å². The Hall–Kier alpha value is -1.81. The molecule has 0 radical (unpaired) electrons. The Bertz CT molecular complexity index is 557. The number of carbonyl (C=O) groups is 1. The molecule has 18 heavy (non-hydrogen) atoms. The average Bonchev–Trinajstić information content (AvgIpc) is 2.40. The zero-order valence-corrected chi connectivity index (χ0v) is 10.5. The van der Waals surface area contributed by atoms with Gasteiger partial charge in [0.25, 0.3) is 5.91 Å². The number of rotatable bonds is 3. The Labute approximate surface area is 110 Å². The number of nitrogens with one attached hydrogen (secondary N) is 1. The Morgan fingerprint density at radius 3 is 2.56 bits per heavy atom. The maximum absolute atomic E-state index is 13.0. The van der Waals surface area contributed by atoms with E-state index in [2.05, 4.69) is 17.9 Å². The summed E-state index contributed by atoms with van der Waals surface area (Å²) in [5.74, 6) is -0.674. The summed E-state index contributed by atoms with van der Waals surface area (Å²) in [4.78, 5) is 12.0. The summed E-state index contributed by atoms with van der Waals surface area (Å²) in [6.07, 6.45) is 0. The molecule has 2 nitrogen and oxygen atoms in total. The topological polar surface area (TPSA) is 29.1 Å². The van der Waals surface area contributed by atoms with Crippen LogP contribution in [-0.4, -0.2) is 5.91 Å². The van der Waals surface area contributed by atoms with Crippen LogP contribution in [-0.2, 0) is 6.54 Å². The van der Waals surface area contributed by atoms with Crippen molar-refractivity contribution in [2.75, 3.05) is 0 Å². The van der Waals surface area contributed by atoms with Crippen LogP contribution >= 0.6 is 12.6 Å². The Morgan fingerprint density at radius 1 is 1.17 bits per heavy atom. The Morgan fingerprint density at radius 2 is 1.89 bits per heavy atom. The molecular weight excluding hydrogens is 249 g/mol. The van der Waals surface area contributed by atoms with E-state index in [4.69, 9.17) is 0 Å². The summed E-state index contributed by atoms with van der Waals surface area (Å²) < 4.78 is 13.0. The summed E-state index contributed by atoms with van der Waals surface area (Å²) in [5.41, 5.74) is 1.41. The molecule has 1 amide bonds. The van der Waals surface area contributed by atoms with Crippen molar-refractivity contribution in [3.05, 3.63) is 65.5 Å². The predicted octanol–water partition coefficient (Wildman–Crippen LogP) is 3.04. The van der Waals surface area contributed by atoms with Gasteiger partial charge in [-0.3, -0.25) is 4.79 Å². The second-order valence-corrected chi connectivity index (χ2v) is 4.32. The maximum Gasteiger partial charge on any atom is 0.251 e. The third-order valence-corrected chi connectivity index (χ3v) is 2.85. The lowest BCUT2D eigenvalue weighted by atomic mass is 10.2. The predicted molar refractivity (Wildman–Crippen MR) is 71.3 cm³/mol. The zero-order valence-electron chi connectivity index (χ0n) is 9.56. The quantitative estimate of drug-likeness (QED) is 0.817. The standard InChI is InChI=1S/C14H12FNOS/c15-12-7-6-11(8-13(12)18)14(17)16-9-10-4-2-1-3-5-10/h1-8,18H,9H2,(H,16,17). The molecule has 92 valence electrons. The van der Waals surface area contributed by atoms with Gasteiger partial charge in [-0.05, 0) is 23.8 Å². The molecule has 2 aromatic carbocycles. The largest absolute Gasteiger partial charge is 0.348 e. The van der Waals surface area contributed by atoms with Gasteiger partial charge in [0.05, 0.1) is 0 Å². The lowest BCUT2D eigenvalue weighted by Gasteiger charge is -2.06. The first-order valence-electron chi connectivity index (χ1n) is 5.47. The van der Waals surface area contributed by atoms with Crippen LogP contribution < -0.4 is 5.32 Å². The molecule has 0 heterocycles. The van der Waals surface area contributed by atoms with Crippen molar-refractivity contribution in [1.29, 1.82) is 0 Å². The van der Waals surface area contributed by atoms with E-state index in [9.17, 15) is 9.18 Å². The van der Waals surface area contributed by atoms with Crippen LogP contribution in [0.5, 0.6) is 0 Å². The van der Waals surface area contributed by atoms with E-state index >= 15 is 0 Å². The van der Waals surface area contributed by atoms with Crippen LogP contribution in [0.4, 0.5) is 4.39 Å². The Kier molecular flexibility index (Phi) is 3.99. The van der Waals surface area contributed by atoms with Crippen molar-refractivity contribution in [1.82, 2.24) is 5.32 Å². The minimum atomic E-state index is -0.432. The maximum atomic E-state index is 13.0. The second-order valence-electron chi connectivity index (χ2n) is 3.83. The van der Waals surface area contributed by atoms with E-state index in [-0.39, 0.29) is 10.8 Å².